The second-order valence-electron chi connectivity index (χ2n) is 3.62. The van der Waals surface area contributed by atoms with Crippen molar-refractivity contribution in [3.63, 3.8) is 0 Å². The van der Waals surface area contributed by atoms with Crippen LogP contribution in [-0.4, -0.2) is 36.0 Å². The second-order valence-corrected chi connectivity index (χ2v) is 5.34. The van der Waals surface area contributed by atoms with Crippen molar-refractivity contribution < 1.29 is 28.0 Å². The quantitative estimate of drug-likeness (QED) is 0.790. The van der Waals surface area contributed by atoms with E-state index < -0.39 is 28.0 Å². The van der Waals surface area contributed by atoms with Gasteiger partial charge >= 0.3 is 11.9 Å². The molecule has 8 heteroatoms. The van der Waals surface area contributed by atoms with Crippen LogP contribution in [0.25, 0.3) is 0 Å². The fourth-order valence-electron chi connectivity index (χ4n) is 1.41. The van der Waals surface area contributed by atoms with Crippen molar-refractivity contribution in [1.29, 1.82) is 0 Å². The molecule has 18 heavy (non-hydrogen) atoms. The van der Waals surface area contributed by atoms with Gasteiger partial charge in [-0.15, -0.1) is 0 Å². The van der Waals surface area contributed by atoms with Crippen LogP contribution in [0.5, 0.6) is 0 Å². The predicted molar refractivity (Wildman–Crippen MR) is 57.6 cm³/mol. The zero-order valence-corrected chi connectivity index (χ0v) is 10.0. The van der Waals surface area contributed by atoms with Crippen LogP contribution in [-0.2, 0) is 19.7 Å². The first-order chi connectivity index (χ1) is 8.35. The SMILES string of the molecule is CC(O)C(=O)ON1C(=O)c2ccccc2S1(=O)=O. The largest absolute Gasteiger partial charge is 0.382 e. The molecule has 0 saturated carbocycles. The van der Waals surface area contributed by atoms with Crippen LogP contribution in [0.2, 0.25) is 0 Å². The fourth-order valence-corrected chi connectivity index (χ4v) is 2.76. The van der Waals surface area contributed by atoms with E-state index in [1.165, 1.54) is 24.3 Å². The Balaban J connectivity index is 2.43. The molecule has 0 saturated heterocycles. The van der Waals surface area contributed by atoms with Crippen LogP contribution in [0.1, 0.15) is 17.3 Å². The van der Waals surface area contributed by atoms with Gasteiger partial charge in [0.25, 0.3) is 10.0 Å². The predicted octanol–water partition coefficient (Wildman–Crippen LogP) is -0.330. The van der Waals surface area contributed by atoms with Crippen LogP contribution >= 0.6 is 0 Å². The maximum atomic E-state index is 11.9. The first kappa shape index (κ1) is 12.5. The molecule has 2 rings (SSSR count). The maximum Gasteiger partial charge on any atom is 0.361 e. The van der Waals surface area contributed by atoms with Gasteiger partial charge in [0.1, 0.15) is 4.90 Å². The third kappa shape index (κ3) is 1.75. The van der Waals surface area contributed by atoms with Crippen molar-refractivity contribution in [2.24, 2.45) is 0 Å². The Labute approximate surface area is 103 Å². The van der Waals surface area contributed by atoms with E-state index in [2.05, 4.69) is 4.84 Å². The van der Waals surface area contributed by atoms with E-state index in [1.807, 2.05) is 0 Å². The number of hydrogen-bond donors (Lipinski definition) is 1. The van der Waals surface area contributed by atoms with Gasteiger partial charge in [-0.3, -0.25) is 4.79 Å². The molecule has 0 spiro atoms. The summed E-state index contributed by atoms with van der Waals surface area (Å²) in [7, 11) is -4.19. The molecule has 0 aromatic heterocycles. The van der Waals surface area contributed by atoms with E-state index in [0.717, 1.165) is 6.92 Å². The standard InChI is InChI=1S/C10H9NO6S/c1-6(12)10(14)17-11-9(13)7-4-2-3-5-8(7)18(11,15)16/h2-6,12H,1H3. The number of carbonyl (C=O) groups excluding carboxylic acids is 2. The summed E-state index contributed by atoms with van der Waals surface area (Å²) in [4.78, 5) is 27.1. The van der Waals surface area contributed by atoms with Gasteiger partial charge in [-0.05, 0) is 23.5 Å². The molecule has 1 heterocycles. The Morgan fingerprint density at radius 2 is 2.00 bits per heavy atom. The minimum atomic E-state index is -4.19. The molecule has 1 atom stereocenters. The molecule has 0 fully saturated rings. The van der Waals surface area contributed by atoms with Crippen LogP contribution in [0.3, 0.4) is 0 Å². The third-order valence-electron chi connectivity index (χ3n) is 2.29. The molecule has 1 aliphatic rings. The highest BCUT2D eigenvalue weighted by Gasteiger charge is 2.44. The molecule has 1 aliphatic heterocycles. The van der Waals surface area contributed by atoms with E-state index >= 15 is 0 Å². The first-order valence-electron chi connectivity index (χ1n) is 4.94. The minimum absolute atomic E-state index is 0.00722. The van der Waals surface area contributed by atoms with E-state index in [-0.39, 0.29) is 14.9 Å². The number of aliphatic hydroxyl groups is 1. The molecule has 1 aromatic carbocycles. The smallest absolute Gasteiger partial charge is 0.361 e. The normalized spacial score (nSPS) is 18.3. The lowest BCUT2D eigenvalue weighted by Gasteiger charge is -2.14. The van der Waals surface area contributed by atoms with Gasteiger partial charge in [0, 0.05) is 0 Å². The van der Waals surface area contributed by atoms with Gasteiger partial charge in [0.15, 0.2) is 6.10 Å². The number of nitrogens with zero attached hydrogens (tertiary/aromatic N) is 1. The lowest BCUT2D eigenvalue weighted by Crippen LogP contribution is -2.36. The topological polar surface area (TPSA) is 101 Å². The van der Waals surface area contributed by atoms with E-state index in [4.69, 9.17) is 5.11 Å². The van der Waals surface area contributed by atoms with Crippen molar-refractivity contribution in [1.82, 2.24) is 4.47 Å². The van der Waals surface area contributed by atoms with E-state index in [1.54, 1.807) is 0 Å². The third-order valence-corrected chi connectivity index (χ3v) is 3.88. The molecule has 0 aliphatic carbocycles. The summed E-state index contributed by atoms with van der Waals surface area (Å²) < 4.78 is 23.8. The van der Waals surface area contributed by atoms with Crippen LogP contribution in [0.15, 0.2) is 29.2 Å². The van der Waals surface area contributed by atoms with Crippen molar-refractivity contribution in [2.45, 2.75) is 17.9 Å². The van der Waals surface area contributed by atoms with Gasteiger partial charge in [0.05, 0.1) is 5.56 Å². The Bertz CT molecular complexity index is 621. The number of carbonyl (C=O) groups is 2. The highest BCUT2D eigenvalue weighted by atomic mass is 32.2. The van der Waals surface area contributed by atoms with Crippen LogP contribution in [0.4, 0.5) is 0 Å². The van der Waals surface area contributed by atoms with Crippen LogP contribution < -0.4 is 0 Å². The summed E-state index contributed by atoms with van der Waals surface area (Å²) in [5, 5.41) is 8.95. The van der Waals surface area contributed by atoms with Gasteiger partial charge < -0.3 is 9.94 Å². The van der Waals surface area contributed by atoms with Gasteiger partial charge in [0.2, 0.25) is 0 Å². The number of hydrogen-bond acceptors (Lipinski definition) is 6. The van der Waals surface area contributed by atoms with Gasteiger partial charge in [-0.1, -0.05) is 12.1 Å². The Morgan fingerprint density at radius 1 is 1.39 bits per heavy atom. The highest BCUT2D eigenvalue weighted by Crippen LogP contribution is 2.30. The second kappa shape index (κ2) is 4.07. The Morgan fingerprint density at radius 3 is 2.56 bits per heavy atom. The molecule has 1 N–H and O–H groups in total. The summed E-state index contributed by atoms with van der Waals surface area (Å²) in [6, 6.07) is 5.49. The Hall–Kier alpha value is -1.93. The number of rotatable bonds is 2. The molecule has 0 radical (unpaired) electrons. The molecule has 1 amide bonds. The van der Waals surface area contributed by atoms with Gasteiger partial charge in [-0.2, -0.15) is 8.42 Å². The summed E-state index contributed by atoms with van der Waals surface area (Å²) in [5.74, 6) is -2.18. The Kier molecular flexibility index (Phi) is 2.83. The zero-order valence-electron chi connectivity index (χ0n) is 9.23. The summed E-state index contributed by atoms with van der Waals surface area (Å²) in [5.41, 5.74) is -0.0732. The lowest BCUT2D eigenvalue weighted by molar-refractivity contribution is -0.171. The number of benzene rings is 1. The van der Waals surface area contributed by atoms with E-state index in [0.29, 0.717) is 0 Å². The number of fused-ring (bicyclic) bond motifs is 1. The number of sulfonamides is 1. The molecule has 0 bridgehead atoms. The summed E-state index contributed by atoms with van der Waals surface area (Å²) in [6.45, 7) is 1.10. The molecule has 1 aromatic rings. The molecule has 1 unspecified atom stereocenters. The molecule has 7 nitrogen and oxygen atoms in total. The van der Waals surface area contributed by atoms with Crippen molar-refractivity contribution >= 4 is 21.9 Å². The van der Waals surface area contributed by atoms with E-state index in [9.17, 15) is 18.0 Å². The minimum Gasteiger partial charge on any atom is -0.382 e. The fraction of sp³-hybridized carbons (Fsp3) is 0.200. The monoisotopic (exact) mass is 271 g/mol. The lowest BCUT2D eigenvalue weighted by atomic mass is 10.2. The number of hydroxylamine groups is 1. The maximum absolute atomic E-state index is 11.9. The molecular formula is C10H9NO6S. The average molecular weight is 271 g/mol. The first-order valence-corrected chi connectivity index (χ1v) is 6.38. The average Bonchev–Trinajstić information content (AvgIpc) is 2.51. The summed E-state index contributed by atoms with van der Waals surface area (Å²) in [6.07, 6.45) is -1.53. The summed E-state index contributed by atoms with van der Waals surface area (Å²) >= 11 is 0. The van der Waals surface area contributed by atoms with Crippen molar-refractivity contribution in [3.05, 3.63) is 29.8 Å². The number of amides is 1. The van der Waals surface area contributed by atoms with Crippen LogP contribution in [0, 0.1) is 0 Å². The molecular weight excluding hydrogens is 262 g/mol. The zero-order chi connectivity index (χ0) is 13.5. The van der Waals surface area contributed by atoms with Crippen molar-refractivity contribution in [3.8, 4) is 0 Å². The highest BCUT2D eigenvalue weighted by molar-refractivity contribution is 7.90. The van der Waals surface area contributed by atoms with Crippen molar-refractivity contribution in [2.75, 3.05) is 0 Å². The number of aliphatic hydroxyl groups excluding tert-OH is 1. The molecule has 96 valence electrons. The van der Waals surface area contributed by atoms with Gasteiger partial charge in [-0.25, -0.2) is 4.79 Å².